The van der Waals surface area contributed by atoms with E-state index in [2.05, 4.69) is 29.9 Å². The van der Waals surface area contributed by atoms with Crippen LogP contribution in [0.25, 0.3) is 0 Å². The van der Waals surface area contributed by atoms with Crippen molar-refractivity contribution in [1.29, 1.82) is 0 Å². The number of hydrogen-bond donors (Lipinski definition) is 2. The van der Waals surface area contributed by atoms with Gasteiger partial charge in [-0.3, -0.25) is 14.8 Å². The summed E-state index contributed by atoms with van der Waals surface area (Å²) in [4.78, 5) is 33.3. The van der Waals surface area contributed by atoms with Crippen LogP contribution in [-0.2, 0) is 11.5 Å². The molecule has 0 unspecified atom stereocenters. The lowest BCUT2D eigenvalue weighted by atomic mass is 10.3. The smallest absolute Gasteiger partial charge is 0.251 e. The van der Waals surface area contributed by atoms with Gasteiger partial charge >= 0.3 is 0 Å². The van der Waals surface area contributed by atoms with Gasteiger partial charge in [-0.1, -0.05) is 89.6 Å². The first-order valence-corrected chi connectivity index (χ1v) is 14.0. The molecule has 37 heavy (non-hydrogen) atoms. The second-order valence-electron chi connectivity index (χ2n) is 7.14. The molecule has 0 amide bonds. The number of rotatable bonds is 6. The van der Waals surface area contributed by atoms with Crippen molar-refractivity contribution in [2.45, 2.75) is 43.1 Å². The Morgan fingerprint density at radius 3 is 1.68 bits per heavy atom. The van der Waals surface area contributed by atoms with Crippen molar-refractivity contribution in [2.24, 2.45) is 0 Å². The number of halogens is 4. The molecule has 0 aliphatic carbocycles. The number of H-pyrrole nitrogens is 2. The van der Waals surface area contributed by atoms with Crippen LogP contribution in [0.15, 0.2) is 52.0 Å². The van der Waals surface area contributed by atoms with Crippen LogP contribution in [0.4, 0.5) is 0 Å². The summed E-state index contributed by atoms with van der Waals surface area (Å²) in [6.07, 6.45) is 6.23. The molecule has 0 aliphatic rings. The number of pyridine rings is 2. The monoisotopic (exact) mass is 634 g/mol. The van der Waals surface area contributed by atoms with Gasteiger partial charge in [0, 0.05) is 64.9 Å². The fourth-order valence-electron chi connectivity index (χ4n) is 2.67. The number of aryl methyl sites for hydroxylation is 2. The maximum atomic E-state index is 11.3. The van der Waals surface area contributed by atoms with E-state index in [1.54, 1.807) is 19.3 Å². The Kier molecular flexibility index (Phi) is 12.8. The average Bonchev–Trinajstić information content (AvgIpc) is 2.78. The zero-order valence-corrected chi connectivity index (χ0v) is 24.3. The molecule has 7 nitrogen and oxygen atoms in total. The Bertz CT molecular complexity index is 1330. The topological polar surface area (TPSA) is 100 Å². The van der Waals surface area contributed by atoms with Crippen molar-refractivity contribution in [3.05, 3.63) is 94.5 Å². The maximum Gasteiger partial charge on any atom is 0.251 e. The van der Waals surface area contributed by atoms with Crippen LogP contribution in [0.5, 0.6) is 0 Å². The normalized spacial score (nSPS) is 10.3. The van der Waals surface area contributed by atoms with E-state index in [4.69, 9.17) is 58.6 Å². The van der Waals surface area contributed by atoms with E-state index >= 15 is 0 Å². The molecule has 4 rings (SSSR count). The molecular weight excluding hydrogens is 614 g/mol. The molecule has 4 heterocycles. The van der Waals surface area contributed by atoms with Gasteiger partial charge in [0.25, 0.3) is 5.56 Å². The van der Waals surface area contributed by atoms with Gasteiger partial charge in [0.1, 0.15) is 4.64 Å². The summed E-state index contributed by atoms with van der Waals surface area (Å²) in [7, 11) is 0. The molecular formula is C23H22Cl4N6OS3. The van der Waals surface area contributed by atoms with Gasteiger partial charge in [-0.2, -0.15) is 0 Å². The zero-order valence-electron chi connectivity index (χ0n) is 18.8. The van der Waals surface area contributed by atoms with Crippen molar-refractivity contribution in [2.75, 3.05) is 0 Å². The quantitative estimate of drug-likeness (QED) is 0.124. The van der Waals surface area contributed by atoms with Crippen LogP contribution < -0.4 is 5.56 Å². The van der Waals surface area contributed by atoms with Gasteiger partial charge in [0.05, 0.1) is 20.1 Å². The number of hydrogen-bond acceptors (Lipinski definition) is 8. The van der Waals surface area contributed by atoms with Gasteiger partial charge in [-0.05, 0) is 19.9 Å². The Balaban J connectivity index is 0.000000253. The van der Waals surface area contributed by atoms with Crippen molar-refractivity contribution in [3.63, 3.8) is 0 Å². The fourth-order valence-corrected chi connectivity index (χ4v) is 6.27. The number of nitrogens with one attached hydrogen (secondary N) is 2. The molecule has 4 aromatic heterocycles. The van der Waals surface area contributed by atoms with E-state index in [1.165, 1.54) is 42.0 Å². The molecule has 0 atom stereocenters. The Morgan fingerprint density at radius 2 is 1.24 bits per heavy atom. The molecule has 0 fully saturated rings. The Labute approximate surface area is 248 Å². The second-order valence-corrected chi connectivity index (χ2v) is 11.1. The molecule has 0 saturated heterocycles. The van der Waals surface area contributed by atoms with E-state index in [0.29, 0.717) is 47.1 Å². The third kappa shape index (κ3) is 9.86. The van der Waals surface area contributed by atoms with E-state index in [-0.39, 0.29) is 13.0 Å². The number of thioether (sulfide) groups is 2. The van der Waals surface area contributed by atoms with Gasteiger partial charge in [-0.15, -0.1) is 0 Å². The predicted octanol–water partition coefficient (Wildman–Crippen LogP) is 8.15. The summed E-state index contributed by atoms with van der Waals surface area (Å²) in [5.74, 6) is 1.13. The second kappa shape index (κ2) is 15.1. The van der Waals surface area contributed by atoms with Crippen LogP contribution in [0.2, 0.25) is 20.1 Å². The molecule has 196 valence electrons. The first-order chi connectivity index (χ1) is 17.1. The van der Waals surface area contributed by atoms with Crippen LogP contribution >= 0.6 is 82.1 Å². The average molecular weight is 636 g/mol. The number of aromatic nitrogens is 6. The largest absolute Gasteiger partial charge is 0.338 e. The minimum atomic E-state index is -0.170. The van der Waals surface area contributed by atoms with Crippen LogP contribution in [0, 0.1) is 18.5 Å². The van der Waals surface area contributed by atoms with Crippen LogP contribution in [-0.4, -0.2) is 29.9 Å². The SMILES string of the molecule is C.Cc1cc(=O)[nH]c(SCc2c(Cl)cncc2Cl)n1.Cc1cc(=S)nc(SCc2c(Cl)cncc2Cl)[nH]1. The summed E-state index contributed by atoms with van der Waals surface area (Å²) in [6, 6.07) is 3.25. The van der Waals surface area contributed by atoms with Crippen LogP contribution in [0.3, 0.4) is 0 Å². The lowest BCUT2D eigenvalue weighted by Gasteiger charge is -2.06. The van der Waals surface area contributed by atoms with Gasteiger partial charge in [0.15, 0.2) is 10.3 Å². The van der Waals surface area contributed by atoms with Crippen LogP contribution in [0.1, 0.15) is 29.9 Å². The van der Waals surface area contributed by atoms with E-state index in [1.807, 2.05) is 13.0 Å². The zero-order chi connectivity index (χ0) is 26.2. The molecule has 2 N–H and O–H groups in total. The molecule has 0 radical (unpaired) electrons. The van der Waals surface area contributed by atoms with Gasteiger partial charge < -0.3 is 9.97 Å². The fraction of sp³-hybridized carbons (Fsp3) is 0.217. The van der Waals surface area contributed by atoms with E-state index in [9.17, 15) is 4.79 Å². The first-order valence-electron chi connectivity index (χ1n) is 10.1. The van der Waals surface area contributed by atoms with E-state index in [0.717, 1.165) is 22.0 Å². The predicted molar refractivity (Wildman–Crippen MR) is 158 cm³/mol. The van der Waals surface area contributed by atoms with Crippen molar-refractivity contribution in [3.8, 4) is 0 Å². The number of nitrogens with zero attached hydrogens (tertiary/aromatic N) is 4. The molecule has 0 aliphatic heterocycles. The third-order valence-electron chi connectivity index (χ3n) is 4.31. The lowest BCUT2D eigenvalue weighted by molar-refractivity contribution is 0.905. The molecule has 4 aromatic rings. The van der Waals surface area contributed by atoms with E-state index < -0.39 is 0 Å². The molecule has 0 spiro atoms. The highest BCUT2D eigenvalue weighted by molar-refractivity contribution is 7.98. The summed E-state index contributed by atoms with van der Waals surface area (Å²) in [6.45, 7) is 3.71. The lowest BCUT2D eigenvalue weighted by Crippen LogP contribution is -2.08. The van der Waals surface area contributed by atoms with Crippen molar-refractivity contribution >= 4 is 82.1 Å². The summed E-state index contributed by atoms with van der Waals surface area (Å²) >= 11 is 32.0. The molecule has 0 bridgehead atoms. The minimum absolute atomic E-state index is 0. The summed E-state index contributed by atoms with van der Waals surface area (Å²) in [5.41, 5.74) is 3.11. The highest BCUT2D eigenvalue weighted by atomic mass is 35.5. The standard InChI is InChI=1S/C11H9Cl2N3OS.C11H9Cl2N3S2.CH4/c2*1-6-2-10(17)16-11(15-6)18-5-7-8(12)3-14-4-9(7)13;/h2*2-4H,5H2,1H3,(H,15,16,17);1H4. The summed E-state index contributed by atoms with van der Waals surface area (Å²) < 4.78 is 0.570. The van der Waals surface area contributed by atoms with Gasteiger partial charge in [-0.25, -0.2) is 9.97 Å². The first kappa shape index (κ1) is 31.6. The molecule has 0 saturated carbocycles. The van der Waals surface area contributed by atoms with Gasteiger partial charge in [0.2, 0.25) is 0 Å². The Morgan fingerprint density at radius 1 is 0.784 bits per heavy atom. The number of aromatic amines is 2. The maximum absolute atomic E-state index is 11.3. The highest BCUT2D eigenvalue weighted by Gasteiger charge is 2.09. The van der Waals surface area contributed by atoms with Crippen molar-refractivity contribution < 1.29 is 0 Å². The summed E-state index contributed by atoms with van der Waals surface area (Å²) in [5, 5.41) is 3.42. The molecule has 0 aromatic carbocycles. The van der Waals surface area contributed by atoms with Crippen molar-refractivity contribution in [1.82, 2.24) is 29.9 Å². The highest BCUT2D eigenvalue weighted by Crippen LogP contribution is 2.30. The Hall–Kier alpha value is -1.66. The minimum Gasteiger partial charge on any atom is -0.338 e. The third-order valence-corrected chi connectivity index (χ3v) is 7.63. The molecule has 14 heteroatoms.